The lowest BCUT2D eigenvalue weighted by molar-refractivity contribution is 0.320. The lowest BCUT2D eigenvalue weighted by atomic mass is 9.96. The van der Waals surface area contributed by atoms with Gasteiger partial charge in [0, 0.05) is 29.7 Å². The third kappa shape index (κ3) is 1.27. The molecule has 0 unspecified atom stereocenters. The van der Waals surface area contributed by atoms with Crippen molar-refractivity contribution in [2.45, 2.75) is 19.4 Å². The molecule has 2 nitrogen and oxygen atoms in total. The Hall–Kier alpha value is -1.54. The third-order valence-electron chi connectivity index (χ3n) is 4.60. The normalized spacial score (nSPS) is 27.1. The summed E-state index contributed by atoms with van der Waals surface area (Å²) >= 11 is 0. The SMILES string of the molecule is C[C@H]1CN(C)[C@@H]2Cc3c[nH]c4cccc(c34)C=C21. The Morgan fingerprint density at radius 2 is 2.22 bits per heavy atom. The van der Waals surface area contributed by atoms with Crippen molar-refractivity contribution in [3.63, 3.8) is 0 Å². The molecule has 1 aliphatic heterocycles. The van der Waals surface area contributed by atoms with Gasteiger partial charge in [-0.1, -0.05) is 25.1 Å². The van der Waals surface area contributed by atoms with E-state index in [-0.39, 0.29) is 0 Å². The van der Waals surface area contributed by atoms with Gasteiger partial charge >= 0.3 is 0 Å². The molecular formula is C16H18N2. The van der Waals surface area contributed by atoms with Gasteiger partial charge in [0.05, 0.1) is 0 Å². The molecule has 18 heavy (non-hydrogen) atoms. The number of likely N-dealkylation sites (N-methyl/N-ethyl adjacent to an activating group) is 1. The van der Waals surface area contributed by atoms with Crippen molar-refractivity contribution in [1.29, 1.82) is 0 Å². The first-order valence-corrected chi connectivity index (χ1v) is 6.75. The zero-order chi connectivity index (χ0) is 12.3. The number of aromatic amines is 1. The summed E-state index contributed by atoms with van der Waals surface area (Å²) < 4.78 is 0. The molecule has 1 aliphatic carbocycles. The second-order valence-corrected chi connectivity index (χ2v) is 5.79. The van der Waals surface area contributed by atoms with Crippen molar-refractivity contribution < 1.29 is 0 Å². The summed E-state index contributed by atoms with van der Waals surface area (Å²) in [6.45, 7) is 3.54. The third-order valence-corrected chi connectivity index (χ3v) is 4.60. The van der Waals surface area contributed by atoms with Crippen molar-refractivity contribution >= 4 is 17.0 Å². The van der Waals surface area contributed by atoms with Crippen LogP contribution in [0.4, 0.5) is 0 Å². The molecule has 0 bridgehead atoms. The fourth-order valence-electron chi connectivity index (χ4n) is 3.71. The Bertz CT molecular complexity index is 650. The van der Waals surface area contributed by atoms with Crippen LogP contribution in [-0.4, -0.2) is 29.5 Å². The number of rotatable bonds is 0. The van der Waals surface area contributed by atoms with Crippen LogP contribution >= 0.6 is 0 Å². The molecule has 0 amide bonds. The van der Waals surface area contributed by atoms with Crippen molar-refractivity contribution in [3.05, 3.63) is 41.1 Å². The highest BCUT2D eigenvalue weighted by Crippen LogP contribution is 2.37. The van der Waals surface area contributed by atoms with Crippen molar-refractivity contribution in [2.24, 2.45) is 5.92 Å². The van der Waals surface area contributed by atoms with Crippen molar-refractivity contribution in [3.8, 4) is 0 Å². The van der Waals surface area contributed by atoms with E-state index in [0.29, 0.717) is 12.0 Å². The summed E-state index contributed by atoms with van der Waals surface area (Å²) in [5.41, 5.74) is 5.75. The molecular weight excluding hydrogens is 220 g/mol. The molecule has 2 heteroatoms. The highest BCUT2D eigenvalue weighted by Gasteiger charge is 2.34. The number of H-pyrrole nitrogens is 1. The van der Waals surface area contributed by atoms with E-state index in [1.807, 2.05) is 0 Å². The number of benzene rings is 1. The van der Waals surface area contributed by atoms with Gasteiger partial charge in [-0.2, -0.15) is 0 Å². The van der Waals surface area contributed by atoms with Gasteiger partial charge in [0.15, 0.2) is 0 Å². The average molecular weight is 238 g/mol. The first-order valence-electron chi connectivity index (χ1n) is 6.75. The summed E-state index contributed by atoms with van der Waals surface area (Å²) in [7, 11) is 2.25. The molecule has 2 atom stereocenters. The van der Waals surface area contributed by atoms with Crippen LogP contribution in [0, 0.1) is 5.92 Å². The molecule has 1 fully saturated rings. The van der Waals surface area contributed by atoms with Crippen LogP contribution < -0.4 is 0 Å². The van der Waals surface area contributed by atoms with Gasteiger partial charge in [-0.05, 0) is 42.2 Å². The Labute approximate surface area is 107 Å². The number of nitrogens with one attached hydrogen (secondary N) is 1. The molecule has 2 aromatic rings. The van der Waals surface area contributed by atoms with E-state index in [1.165, 1.54) is 28.6 Å². The van der Waals surface area contributed by atoms with E-state index >= 15 is 0 Å². The average Bonchev–Trinajstić information content (AvgIpc) is 2.80. The minimum absolute atomic E-state index is 0.589. The number of likely N-dealkylation sites (tertiary alicyclic amines) is 1. The number of hydrogen-bond donors (Lipinski definition) is 1. The fraction of sp³-hybridized carbons (Fsp3) is 0.375. The second-order valence-electron chi connectivity index (χ2n) is 5.79. The van der Waals surface area contributed by atoms with Gasteiger partial charge in [-0.25, -0.2) is 0 Å². The molecule has 92 valence electrons. The zero-order valence-electron chi connectivity index (χ0n) is 10.9. The van der Waals surface area contributed by atoms with Crippen LogP contribution in [0.5, 0.6) is 0 Å². The van der Waals surface area contributed by atoms with Gasteiger partial charge in [0.2, 0.25) is 0 Å². The van der Waals surface area contributed by atoms with E-state index in [9.17, 15) is 0 Å². The minimum Gasteiger partial charge on any atom is -0.361 e. The molecule has 1 saturated heterocycles. The Kier molecular flexibility index (Phi) is 2.01. The fourth-order valence-corrected chi connectivity index (χ4v) is 3.71. The molecule has 2 heterocycles. The lowest BCUT2D eigenvalue weighted by Gasteiger charge is -2.19. The van der Waals surface area contributed by atoms with Gasteiger partial charge in [-0.15, -0.1) is 0 Å². The van der Waals surface area contributed by atoms with Gasteiger partial charge in [0.1, 0.15) is 0 Å². The summed E-state index contributed by atoms with van der Waals surface area (Å²) in [4.78, 5) is 5.91. The predicted octanol–water partition coefficient (Wildman–Crippen LogP) is 3.06. The zero-order valence-corrected chi connectivity index (χ0v) is 10.9. The predicted molar refractivity (Wildman–Crippen MR) is 75.6 cm³/mol. The van der Waals surface area contributed by atoms with Crippen LogP contribution in [0.25, 0.3) is 17.0 Å². The van der Waals surface area contributed by atoms with Gasteiger partial charge < -0.3 is 4.98 Å². The second kappa shape index (κ2) is 3.48. The van der Waals surface area contributed by atoms with Crippen LogP contribution in [0.1, 0.15) is 18.1 Å². The standard InChI is InChI=1S/C16H18N2/c1-10-9-18(2)15-7-12-8-17-14-5-3-4-11(16(12)14)6-13(10)15/h3-6,8,10,15,17H,7,9H2,1-2H3/t10-,15+/m0/s1. The lowest BCUT2D eigenvalue weighted by Crippen LogP contribution is -2.27. The van der Waals surface area contributed by atoms with Crippen LogP contribution in [0.3, 0.4) is 0 Å². The maximum atomic E-state index is 3.41. The number of aromatic nitrogens is 1. The van der Waals surface area contributed by atoms with E-state index < -0.39 is 0 Å². The molecule has 0 saturated carbocycles. The van der Waals surface area contributed by atoms with E-state index in [0.717, 1.165) is 6.42 Å². The molecule has 1 aromatic carbocycles. The highest BCUT2D eigenvalue weighted by molar-refractivity contribution is 5.93. The Balaban J connectivity index is 2.00. The largest absolute Gasteiger partial charge is 0.361 e. The van der Waals surface area contributed by atoms with Crippen LogP contribution in [0.2, 0.25) is 0 Å². The Morgan fingerprint density at radius 3 is 3.11 bits per heavy atom. The first kappa shape index (κ1) is 10.4. The van der Waals surface area contributed by atoms with Crippen LogP contribution in [-0.2, 0) is 6.42 Å². The van der Waals surface area contributed by atoms with Crippen molar-refractivity contribution in [1.82, 2.24) is 9.88 Å². The number of nitrogens with zero attached hydrogens (tertiary/aromatic N) is 1. The summed E-state index contributed by atoms with van der Waals surface area (Å²) in [5, 5.41) is 1.43. The van der Waals surface area contributed by atoms with Gasteiger partial charge in [-0.3, -0.25) is 4.90 Å². The molecule has 0 spiro atoms. The quantitative estimate of drug-likeness (QED) is 0.747. The molecule has 1 N–H and O–H groups in total. The smallest absolute Gasteiger partial charge is 0.0462 e. The summed E-state index contributed by atoms with van der Waals surface area (Å²) in [5.74, 6) is 0.684. The topological polar surface area (TPSA) is 19.0 Å². The Morgan fingerprint density at radius 1 is 1.33 bits per heavy atom. The number of hydrogen-bond acceptors (Lipinski definition) is 1. The molecule has 2 aliphatic rings. The van der Waals surface area contributed by atoms with Gasteiger partial charge in [0.25, 0.3) is 0 Å². The van der Waals surface area contributed by atoms with Crippen molar-refractivity contribution in [2.75, 3.05) is 13.6 Å². The number of fused-ring (bicyclic) bond motifs is 1. The maximum Gasteiger partial charge on any atom is 0.0462 e. The molecule has 4 rings (SSSR count). The van der Waals surface area contributed by atoms with E-state index in [2.05, 4.69) is 54.3 Å². The summed E-state index contributed by atoms with van der Waals surface area (Å²) in [6.07, 6.45) is 5.77. The van der Waals surface area contributed by atoms with Crippen LogP contribution in [0.15, 0.2) is 30.0 Å². The molecule has 1 aromatic heterocycles. The highest BCUT2D eigenvalue weighted by atomic mass is 15.2. The molecule has 0 radical (unpaired) electrons. The monoisotopic (exact) mass is 238 g/mol. The minimum atomic E-state index is 0.589. The first-order chi connectivity index (χ1) is 8.74. The van der Waals surface area contributed by atoms with E-state index in [1.54, 1.807) is 5.57 Å². The summed E-state index contributed by atoms with van der Waals surface area (Å²) in [6, 6.07) is 7.17. The maximum absolute atomic E-state index is 3.41. The van der Waals surface area contributed by atoms with E-state index in [4.69, 9.17) is 0 Å².